The highest BCUT2D eigenvalue weighted by Crippen LogP contribution is 2.25. The largest absolute Gasteiger partial charge is 0.368 e. The Labute approximate surface area is 90.3 Å². The summed E-state index contributed by atoms with van der Waals surface area (Å²) in [4.78, 5) is 11.2. The van der Waals surface area contributed by atoms with Gasteiger partial charge in [-0.15, -0.1) is 11.3 Å². The number of carbonyl (C=O) groups excluding carboxylic acids is 1. The van der Waals surface area contributed by atoms with Gasteiger partial charge < -0.3 is 5.73 Å². The molecule has 0 saturated heterocycles. The summed E-state index contributed by atoms with van der Waals surface area (Å²) < 4.78 is 25.4. The molecular formula is C9H12F2N2OS. The first kappa shape index (κ1) is 12.1. The minimum absolute atomic E-state index is 0.498. The second kappa shape index (κ2) is 5.18. The summed E-state index contributed by atoms with van der Waals surface area (Å²) in [5.74, 6) is -0.641. The number of halogens is 2. The van der Waals surface area contributed by atoms with Gasteiger partial charge in [0.2, 0.25) is 5.91 Å². The van der Waals surface area contributed by atoms with Crippen LogP contribution in [0.3, 0.4) is 0 Å². The molecule has 0 radical (unpaired) electrons. The first-order valence-corrected chi connectivity index (χ1v) is 5.27. The Morgan fingerprint density at radius 3 is 2.67 bits per heavy atom. The lowest BCUT2D eigenvalue weighted by atomic mass is 10.2. The average Bonchev–Trinajstić information content (AvgIpc) is 2.65. The average molecular weight is 234 g/mol. The quantitative estimate of drug-likeness (QED) is 0.811. The highest BCUT2D eigenvalue weighted by Gasteiger charge is 2.26. The zero-order valence-corrected chi connectivity index (χ0v) is 8.93. The molecule has 15 heavy (non-hydrogen) atoms. The molecule has 0 saturated carbocycles. The van der Waals surface area contributed by atoms with Crippen LogP contribution >= 0.6 is 11.3 Å². The zero-order valence-electron chi connectivity index (χ0n) is 8.11. The molecule has 84 valence electrons. The van der Waals surface area contributed by atoms with Crippen molar-refractivity contribution in [2.75, 3.05) is 0 Å². The van der Waals surface area contributed by atoms with Crippen LogP contribution in [0.4, 0.5) is 8.78 Å². The number of hydrogen-bond donors (Lipinski definition) is 2. The van der Waals surface area contributed by atoms with Gasteiger partial charge in [-0.25, -0.2) is 8.78 Å². The molecule has 0 aliphatic heterocycles. The van der Waals surface area contributed by atoms with Gasteiger partial charge in [0.15, 0.2) is 0 Å². The fourth-order valence-corrected chi connectivity index (χ4v) is 1.89. The molecule has 1 amide bonds. The standard InChI is InChI=1S/C9H12F2N2OS/c1-5(9(12)14)13-7(8(10)11)6-3-2-4-15-6/h2-5,7-8,13H,1H3,(H2,12,14)/t5-,7?/m1/s1. The molecule has 1 heterocycles. The smallest absolute Gasteiger partial charge is 0.258 e. The Morgan fingerprint density at radius 2 is 2.27 bits per heavy atom. The molecule has 0 bridgehead atoms. The van der Waals surface area contributed by atoms with E-state index in [9.17, 15) is 13.6 Å². The van der Waals surface area contributed by atoms with Crippen molar-refractivity contribution in [2.45, 2.75) is 25.4 Å². The van der Waals surface area contributed by atoms with E-state index >= 15 is 0 Å². The van der Waals surface area contributed by atoms with Gasteiger partial charge in [-0.3, -0.25) is 10.1 Å². The maximum Gasteiger partial charge on any atom is 0.258 e. The number of primary amides is 1. The molecule has 0 aromatic carbocycles. The van der Waals surface area contributed by atoms with Crippen LogP contribution in [0.1, 0.15) is 17.8 Å². The summed E-state index contributed by atoms with van der Waals surface area (Å²) in [6.45, 7) is 1.46. The maximum atomic E-state index is 12.7. The number of carbonyl (C=O) groups is 1. The van der Waals surface area contributed by atoms with Crippen molar-refractivity contribution in [1.82, 2.24) is 5.32 Å². The molecule has 1 rings (SSSR count). The summed E-state index contributed by atoms with van der Waals surface area (Å²) in [5.41, 5.74) is 4.99. The first-order valence-electron chi connectivity index (χ1n) is 4.39. The summed E-state index contributed by atoms with van der Waals surface area (Å²) in [6.07, 6.45) is -2.56. The minimum atomic E-state index is -2.56. The number of amides is 1. The summed E-state index contributed by atoms with van der Waals surface area (Å²) >= 11 is 1.22. The number of nitrogens with two attached hydrogens (primary N) is 1. The van der Waals surface area contributed by atoms with Gasteiger partial charge in [-0.2, -0.15) is 0 Å². The summed E-state index contributed by atoms with van der Waals surface area (Å²) in [5, 5.41) is 4.21. The molecule has 0 aliphatic rings. The third-order valence-corrected chi connectivity index (χ3v) is 2.91. The van der Waals surface area contributed by atoms with Crippen LogP contribution in [0.5, 0.6) is 0 Å². The van der Waals surface area contributed by atoms with Gasteiger partial charge in [-0.1, -0.05) is 6.07 Å². The fourth-order valence-electron chi connectivity index (χ4n) is 1.10. The third kappa shape index (κ3) is 3.24. The molecule has 6 heteroatoms. The van der Waals surface area contributed by atoms with Crippen molar-refractivity contribution in [1.29, 1.82) is 0 Å². The first-order chi connectivity index (χ1) is 7.02. The van der Waals surface area contributed by atoms with Crippen molar-refractivity contribution in [3.63, 3.8) is 0 Å². The predicted molar refractivity (Wildman–Crippen MR) is 54.9 cm³/mol. The van der Waals surface area contributed by atoms with Gasteiger partial charge in [-0.05, 0) is 18.4 Å². The summed E-state index contributed by atoms with van der Waals surface area (Å²) in [7, 11) is 0. The topological polar surface area (TPSA) is 55.1 Å². The molecule has 1 aromatic heterocycles. The van der Waals surface area contributed by atoms with Gasteiger partial charge in [0.1, 0.15) is 6.04 Å². The lowest BCUT2D eigenvalue weighted by molar-refractivity contribution is -0.120. The number of hydrogen-bond acceptors (Lipinski definition) is 3. The Bertz CT molecular complexity index is 316. The van der Waals surface area contributed by atoms with Crippen molar-refractivity contribution in [2.24, 2.45) is 5.73 Å². The van der Waals surface area contributed by atoms with Crippen LogP contribution in [0.15, 0.2) is 17.5 Å². The van der Waals surface area contributed by atoms with E-state index < -0.39 is 24.4 Å². The van der Waals surface area contributed by atoms with E-state index in [2.05, 4.69) is 5.32 Å². The highest BCUT2D eigenvalue weighted by atomic mass is 32.1. The SMILES string of the molecule is C[C@@H](NC(c1cccs1)C(F)F)C(N)=O. The second-order valence-corrected chi connectivity index (χ2v) is 4.10. The van der Waals surface area contributed by atoms with Crippen LogP contribution in [0, 0.1) is 0 Å². The molecule has 2 atom stereocenters. The van der Waals surface area contributed by atoms with Crippen LogP contribution in [0.25, 0.3) is 0 Å². The molecule has 1 unspecified atom stereocenters. The predicted octanol–water partition coefficient (Wildman–Crippen LogP) is 1.52. The Balaban J connectivity index is 2.72. The Kier molecular flexibility index (Phi) is 4.16. The van der Waals surface area contributed by atoms with E-state index in [0.717, 1.165) is 0 Å². The highest BCUT2D eigenvalue weighted by molar-refractivity contribution is 7.10. The van der Waals surface area contributed by atoms with E-state index in [4.69, 9.17) is 5.73 Å². The molecule has 0 aliphatic carbocycles. The summed E-state index contributed by atoms with van der Waals surface area (Å²) in [6, 6.07) is 1.38. The van der Waals surface area contributed by atoms with Crippen LogP contribution in [-0.4, -0.2) is 18.4 Å². The molecule has 3 nitrogen and oxygen atoms in total. The lowest BCUT2D eigenvalue weighted by Gasteiger charge is -2.19. The van der Waals surface area contributed by atoms with Crippen LogP contribution in [-0.2, 0) is 4.79 Å². The third-order valence-electron chi connectivity index (χ3n) is 1.96. The van der Waals surface area contributed by atoms with E-state index in [0.29, 0.717) is 4.88 Å². The minimum Gasteiger partial charge on any atom is -0.368 e. The number of nitrogens with one attached hydrogen (secondary N) is 1. The van der Waals surface area contributed by atoms with Gasteiger partial charge in [0.05, 0.1) is 6.04 Å². The number of thiophene rings is 1. The van der Waals surface area contributed by atoms with Crippen molar-refractivity contribution < 1.29 is 13.6 Å². The second-order valence-electron chi connectivity index (χ2n) is 3.12. The van der Waals surface area contributed by atoms with E-state index in [1.807, 2.05) is 0 Å². The van der Waals surface area contributed by atoms with Crippen molar-refractivity contribution >= 4 is 17.2 Å². The van der Waals surface area contributed by atoms with Crippen molar-refractivity contribution in [3.8, 4) is 0 Å². The van der Waals surface area contributed by atoms with Gasteiger partial charge >= 0.3 is 0 Å². The molecule has 0 spiro atoms. The molecule has 0 fully saturated rings. The lowest BCUT2D eigenvalue weighted by Crippen LogP contribution is -2.42. The zero-order chi connectivity index (χ0) is 11.4. The van der Waals surface area contributed by atoms with Crippen LogP contribution < -0.4 is 11.1 Å². The van der Waals surface area contributed by atoms with E-state index in [1.54, 1.807) is 17.5 Å². The maximum absolute atomic E-state index is 12.7. The van der Waals surface area contributed by atoms with Crippen LogP contribution in [0.2, 0.25) is 0 Å². The molecule has 1 aromatic rings. The van der Waals surface area contributed by atoms with E-state index in [1.165, 1.54) is 18.3 Å². The fraction of sp³-hybridized carbons (Fsp3) is 0.444. The molecule has 3 N–H and O–H groups in total. The number of rotatable bonds is 5. The normalized spacial score (nSPS) is 15.2. The van der Waals surface area contributed by atoms with Gasteiger partial charge in [0.25, 0.3) is 6.43 Å². The van der Waals surface area contributed by atoms with E-state index in [-0.39, 0.29) is 0 Å². The monoisotopic (exact) mass is 234 g/mol. The Morgan fingerprint density at radius 1 is 1.60 bits per heavy atom. The Hall–Kier alpha value is -1.01. The van der Waals surface area contributed by atoms with Crippen molar-refractivity contribution in [3.05, 3.63) is 22.4 Å². The molecular weight excluding hydrogens is 222 g/mol. The van der Waals surface area contributed by atoms with Gasteiger partial charge in [0, 0.05) is 4.88 Å². The number of alkyl halides is 2.